The Morgan fingerprint density at radius 2 is 1.83 bits per heavy atom. The summed E-state index contributed by atoms with van der Waals surface area (Å²) in [7, 11) is 0. The first-order valence-electron chi connectivity index (χ1n) is 7.87. The molecule has 0 aliphatic carbocycles. The Bertz CT molecular complexity index is 721. The molecule has 1 aliphatic rings. The van der Waals surface area contributed by atoms with E-state index in [4.69, 9.17) is 4.74 Å². The lowest BCUT2D eigenvalue weighted by Crippen LogP contribution is -2.36. The predicted molar refractivity (Wildman–Crippen MR) is 100 cm³/mol. The Labute approximate surface area is 146 Å². The molecule has 0 bridgehead atoms. The molecule has 0 atom stereocenters. The van der Waals surface area contributed by atoms with E-state index in [-0.39, 0.29) is 0 Å². The van der Waals surface area contributed by atoms with E-state index in [0.29, 0.717) is 0 Å². The number of hydrogen-bond donors (Lipinski definition) is 0. The second-order valence-electron chi connectivity index (χ2n) is 5.83. The van der Waals surface area contributed by atoms with Crippen LogP contribution in [0.2, 0.25) is 0 Å². The lowest BCUT2D eigenvalue weighted by Gasteiger charge is -2.29. The smallest absolute Gasteiger partial charge is 0.0642 e. The second-order valence-corrected chi connectivity index (χ2v) is 6.69. The van der Waals surface area contributed by atoms with Gasteiger partial charge in [0.1, 0.15) is 0 Å². The van der Waals surface area contributed by atoms with Crippen LogP contribution in [-0.2, 0) is 4.74 Å². The molecule has 4 heteroatoms. The van der Waals surface area contributed by atoms with E-state index in [0.717, 1.165) is 42.0 Å². The number of aliphatic imine (C=N–C) groups is 1. The molecule has 1 aliphatic heterocycles. The minimum absolute atomic E-state index is 0.811. The third kappa shape index (κ3) is 4.01. The zero-order valence-corrected chi connectivity index (χ0v) is 15.1. The van der Waals surface area contributed by atoms with Gasteiger partial charge in [-0.1, -0.05) is 22.0 Å². The molecule has 120 valence electrons. The van der Waals surface area contributed by atoms with Crippen LogP contribution < -0.4 is 4.90 Å². The van der Waals surface area contributed by atoms with Crippen molar-refractivity contribution in [1.29, 1.82) is 0 Å². The number of anilines is 1. The van der Waals surface area contributed by atoms with Crippen LogP contribution in [0.3, 0.4) is 0 Å². The molecule has 0 amide bonds. The maximum atomic E-state index is 5.41. The Morgan fingerprint density at radius 1 is 1.04 bits per heavy atom. The third-order valence-corrected chi connectivity index (χ3v) is 5.01. The van der Waals surface area contributed by atoms with Gasteiger partial charge in [-0.05, 0) is 60.9 Å². The fourth-order valence-corrected chi connectivity index (χ4v) is 2.92. The summed E-state index contributed by atoms with van der Waals surface area (Å²) in [5, 5.41) is 0. The molecule has 1 heterocycles. The zero-order chi connectivity index (χ0) is 16.2. The lowest BCUT2D eigenvalue weighted by atomic mass is 10.1. The Balaban J connectivity index is 1.77. The van der Waals surface area contributed by atoms with Gasteiger partial charge in [0.2, 0.25) is 0 Å². The van der Waals surface area contributed by atoms with E-state index in [1.807, 2.05) is 18.3 Å². The average Bonchev–Trinajstić information content (AvgIpc) is 2.57. The Kier molecular flexibility index (Phi) is 5.13. The van der Waals surface area contributed by atoms with Crippen LogP contribution in [0.1, 0.15) is 16.7 Å². The number of hydrogen-bond acceptors (Lipinski definition) is 3. The molecule has 23 heavy (non-hydrogen) atoms. The maximum absolute atomic E-state index is 5.41. The van der Waals surface area contributed by atoms with E-state index in [2.05, 4.69) is 63.9 Å². The fourth-order valence-electron chi connectivity index (χ4n) is 2.68. The molecule has 0 N–H and O–H groups in total. The maximum Gasteiger partial charge on any atom is 0.0642 e. The van der Waals surface area contributed by atoms with Crippen molar-refractivity contribution in [2.45, 2.75) is 13.8 Å². The molecule has 0 unspecified atom stereocenters. The summed E-state index contributed by atoms with van der Waals surface area (Å²) in [5.74, 6) is 0. The summed E-state index contributed by atoms with van der Waals surface area (Å²) in [6.07, 6.45) is 1.95. The van der Waals surface area contributed by atoms with Crippen LogP contribution in [0.5, 0.6) is 0 Å². The highest BCUT2D eigenvalue weighted by atomic mass is 79.9. The van der Waals surface area contributed by atoms with Gasteiger partial charge in [0.05, 0.1) is 18.9 Å². The molecule has 3 rings (SSSR count). The van der Waals surface area contributed by atoms with Crippen LogP contribution in [0.4, 0.5) is 11.4 Å². The van der Waals surface area contributed by atoms with E-state index in [1.54, 1.807) is 0 Å². The quantitative estimate of drug-likeness (QED) is 0.732. The zero-order valence-electron chi connectivity index (χ0n) is 13.6. The summed E-state index contributed by atoms with van der Waals surface area (Å²) in [5.41, 5.74) is 5.83. The van der Waals surface area contributed by atoms with Crippen LogP contribution in [0.25, 0.3) is 0 Å². The van der Waals surface area contributed by atoms with E-state index < -0.39 is 0 Å². The number of rotatable bonds is 3. The number of ether oxygens (including phenoxy) is 1. The molecular formula is C19H21BrN2O. The summed E-state index contributed by atoms with van der Waals surface area (Å²) in [6, 6.07) is 12.7. The van der Waals surface area contributed by atoms with E-state index in [9.17, 15) is 0 Å². The standard InChI is InChI=1S/C19H21BrN2O/c1-14-12-18(22-7-9-23-10-8-22)5-3-16(14)13-21-17-4-6-19(20)15(2)11-17/h3-6,11-13H,7-10H2,1-2H3. The average molecular weight is 373 g/mol. The topological polar surface area (TPSA) is 24.8 Å². The third-order valence-electron chi connectivity index (χ3n) is 4.12. The molecular weight excluding hydrogens is 352 g/mol. The fraction of sp³-hybridized carbons (Fsp3) is 0.316. The van der Waals surface area contributed by atoms with Gasteiger partial charge >= 0.3 is 0 Å². The van der Waals surface area contributed by atoms with Crippen molar-refractivity contribution in [2.24, 2.45) is 4.99 Å². The Morgan fingerprint density at radius 3 is 2.52 bits per heavy atom. The van der Waals surface area contributed by atoms with Crippen molar-refractivity contribution in [3.05, 3.63) is 57.6 Å². The highest BCUT2D eigenvalue weighted by Crippen LogP contribution is 2.23. The highest BCUT2D eigenvalue weighted by Gasteiger charge is 2.11. The molecule has 0 saturated carbocycles. The van der Waals surface area contributed by atoms with Gasteiger partial charge in [-0.25, -0.2) is 0 Å². The number of aryl methyl sites for hydroxylation is 2. The summed E-state index contributed by atoms with van der Waals surface area (Å²) in [6.45, 7) is 7.76. The first-order valence-corrected chi connectivity index (χ1v) is 8.66. The van der Waals surface area contributed by atoms with Crippen molar-refractivity contribution in [1.82, 2.24) is 0 Å². The molecule has 3 nitrogen and oxygen atoms in total. The second kappa shape index (κ2) is 7.28. The van der Waals surface area contributed by atoms with Crippen LogP contribution in [-0.4, -0.2) is 32.5 Å². The summed E-state index contributed by atoms with van der Waals surface area (Å²) < 4.78 is 6.53. The first kappa shape index (κ1) is 16.2. The molecule has 2 aromatic rings. The van der Waals surface area contributed by atoms with Gasteiger partial charge in [0.15, 0.2) is 0 Å². The normalized spacial score (nSPS) is 15.3. The molecule has 0 spiro atoms. The van der Waals surface area contributed by atoms with E-state index >= 15 is 0 Å². The predicted octanol–water partition coefficient (Wildman–Crippen LogP) is 4.65. The number of morpholine rings is 1. The highest BCUT2D eigenvalue weighted by molar-refractivity contribution is 9.10. The van der Waals surface area contributed by atoms with Crippen LogP contribution >= 0.6 is 15.9 Å². The summed E-state index contributed by atoms with van der Waals surface area (Å²) >= 11 is 3.52. The Hall–Kier alpha value is -1.65. The van der Waals surface area contributed by atoms with Gasteiger partial charge < -0.3 is 9.64 Å². The largest absolute Gasteiger partial charge is 0.378 e. The molecule has 1 saturated heterocycles. The molecule has 2 aromatic carbocycles. The number of benzene rings is 2. The van der Waals surface area contributed by atoms with Gasteiger partial charge in [-0.2, -0.15) is 0 Å². The van der Waals surface area contributed by atoms with Crippen molar-refractivity contribution < 1.29 is 4.74 Å². The number of halogens is 1. The van der Waals surface area contributed by atoms with Gasteiger partial charge in [-0.3, -0.25) is 4.99 Å². The van der Waals surface area contributed by atoms with Gasteiger partial charge in [0, 0.05) is 29.5 Å². The van der Waals surface area contributed by atoms with E-state index in [1.165, 1.54) is 16.8 Å². The minimum Gasteiger partial charge on any atom is -0.378 e. The monoisotopic (exact) mass is 372 g/mol. The van der Waals surface area contributed by atoms with Crippen molar-refractivity contribution >= 4 is 33.5 Å². The van der Waals surface area contributed by atoms with Gasteiger partial charge in [-0.15, -0.1) is 0 Å². The molecule has 0 aromatic heterocycles. The van der Waals surface area contributed by atoms with Crippen LogP contribution in [0.15, 0.2) is 45.9 Å². The first-order chi connectivity index (χ1) is 11.1. The number of nitrogens with zero attached hydrogens (tertiary/aromatic N) is 2. The molecule has 0 radical (unpaired) electrons. The SMILES string of the molecule is Cc1cc(N=Cc2ccc(N3CCOCC3)cc2C)ccc1Br. The van der Waals surface area contributed by atoms with Crippen molar-refractivity contribution in [3.8, 4) is 0 Å². The summed E-state index contributed by atoms with van der Waals surface area (Å²) in [4.78, 5) is 6.97. The van der Waals surface area contributed by atoms with Gasteiger partial charge in [0.25, 0.3) is 0 Å². The lowest BCUT2D eigenvalue weighted by molar-refractivity contribution is 0.122. The van der Waals surface area contributed by atoms with Crippen LogP contribution in [0, 0.1) is 13.8 Å². The molecule has 1 fully saturated rings. The van der Waals surface area contributed by atoms with Crippen molar-refractivity contribution in [2.75, 3.05) is 31.2 Å². The van der Waals surface area contributed by atoms with Crippen molar-refractivity contribution in [3.63, 3.8) is 0 Å². The minimum atomic E-state index is 0.811.